The number of carbonyl (C=O) groups is 1. The normalized spacial score (nSPS) is 20.3. The third kappa shape index (κ3) is 4.78. The van der Waals surface area contributed by atoms with E-state index in [2.05, 4.69) is 25.8 Å². The van der Waals surface area contributed by atoms with Crippen LogP contribution in [0.3, 0.4) is 0 Å². The topological polar surface area (TPSA) is 20.3 Å². The number of Topliss-reactive ketones (excluding diaryl/α,β-unsaturated/α-hetero) is 1. The summed E-state index contributed by atoms with van der Waals surface area (Å²) < 4.78 is 0. The fourth-order valence-electron chi connectivity index (χ4n) is 2.16. The van der Waals surface area contributed by atoms with E-state index >= 15 is 0 Å². The molecule has 0 aromatic heterocycles. The van der Waals surface area contributed by atoms with Crippen molar-refractivity contribution in [3.05, 3.63) is 0 Å². The van der Waals surface area contributed by atoms with E-state index in [1.165, 1.54) is 25.7 Å². The molecule has 0 aromatic carbocycles. The molecule has 0 bridgehead atoms. The predicted molar refractivity (Wildman–Crippen MR) is 63.9 cm³/mol. The molecule has 0 N–H and O–H groups in total. The van der Waals surface area contributed by atoms with Gasteiger partial charge < -0.3 is 9.69 Å². The summed E-state index contributed by atoms with van der Waals surface area (Å²) in [5.41, 5.74) is 0. The lowest BCUT2D eigenvalue weighted by molar-refractivity contribution is -0.117. The van der Waals surface area contributed by atoms with Gasteiger partial charge in [-0.1, -0.05) is 6.92 Å². The fourth-order valence-corrected chi connectivity index (χ4v) is 2.16. The number of hydrogen-bond acceptors (Lipinski definition) is 2. The second-order valence-electron chi connectivity index (χ2n) is 5.33. The first kappa shape index (κ1) is 12.7. The van der Waals surface area contributed by atoms with E-state index in [1.54, 1.807) is 6.92 Å². The van der Waals surface area contributed by atoms with Gasteiger partial charge in [-0.2, -0.15) is 0 Å². The maximum Gasteiger partial charge on any atom is 0.130 e. The first-order chi connectivity index (χ1) is 7.00. The van der Waals surface area contributed by atoms with Crippen LogP contribution in [0.5, 0.6) is 0 Å². The molecular weight excluding hydrogens is 186 g/mol. The molecule has 88 valence electrons. The first-order valence-electron chi connectivity index (χ1n) is 6.22. The zero-order chi connectivity index (χ0) is 11.4. The monoisotopic (exact) mass is 211 g/mol. The van der Waals surface area contributed by atoms with Crippen LogP contribution in [-0.2, 0) is 4.79 Å². The second kappa shape index (κ2) is 5.64. The van der Waals surface area contributed by atoms with E-state index in [1.807, 2.05) is 0 Å². The number of carbonyl (C=O) groups excluding carboxylic acids is 1. The van der Waals surface area contributed by atoms with Crippen molar-refractivity contribution in [2.24, 2.45) is 5.92 Å². The quantitative estimate of drug-likeness (QED) is 0.645. The van der Waals surface area contributed by atoms with E-state index in [-0.39, 0.29) is 0 Å². The Bertz CT molecular complexity index is 211. The minimum atomic E-state index is 0.325. The van der Waals surface area contributed by atoms with Crippen LogP contribution in [0.1, 0.15) is 52.9 Å². The molecule has 1 aliphatic rings. The van der Waals surface area contributed by atoms with Gasteiger partial charge in [0.25, 0.3) is 0 Å². The third-order valence-corrected chi connectivity index (χ3v) is 3.53. The van der Waals surface area contributed by atoms with Gasteiger partial charge in [0.05, 0.1) is 0 Å². The molecule has 0 amide bonds. The minimum Gasteiger partial charge on any atom is -0.301 e. The predicted octanol–water partition coefficient (Wildman–Crippen LogP) is 2.86. The molecule has 0 radical (unpaired) electrons. The summed E-state index contributed by atoms with van der Waals surface area (Å²) in [5, 5.41) is 0. The molecule has 2 unspecified atom stereocenters. The highest BCUT2D eigenvalue weighted by molar-refractivity contribution is 5.75. The van der Waals surface area contributed by atoms with E-state index in [0.717, 1.165) is 12.5 Å². The molecule has 1 fully saturated rings. The summed E-state index contributed by atoms with van der Waals surface area (Å²) in [4.78, 5) is 13.4. The smallest absolute Gasteiger partial charge is 0.130 e. The highest BCUT2D eigenvalue weighted by Crippen LogP contribution is 2.28. The molecule has 0 heterocycles. The van der Waals surface area contributed by atoms with E-state index < -0.39 is 0 Å². The van der Waals surface area contributed by atoms with Crippen LogP contribution in [0.4, 0.5) is 0 Å². The van der Waals surface area contributed by atoms with Crippen molar-refractivity contribution < 1.29 is 4.79 Å². The van der Waals surface area contributed by atoms with E-state index in [9.17, 15) is 4.79 Å². The molecule has 2 heteroatoms. The van der Waals surface area contributed by atoms with Crippen molar-refractivity contribution in [1.82, 2.24) is 4.90 Å². The number of hydrogen-bond donors (Lipinski definition) is 0. The SMILES string of the molecule is CC(=O)CC(C)CCC(C)N(C)C1CC1. The maximum absolute atomic E-state index is 10.9. The fraction of sp³-hybridized carbons (Fsp3) is 0.923. The molecule has 2 atom stereocenters. The molecule has 1 rings (SSSR count). The molecular formula is C13H25NO. The summed E-state index contributed by atoms with van der Waals surface area (Å²) in [5.74, 6) is 0.878. The van der Waals surface area contributed by atoms with Gasteiger partial charge in [-0.15, -0.1) is 0 Å². The van der Waals surface area contributed by atoms with Crippen molar-refractivity contribution in [3.63, 3.8) is 0 Å². The summed E-state index contributed by atoms with van der Waals surface area (Å²) in [7, 11) is 2.23. The van der Waals surface area contributed by atoms with Crippen LogP contribution in [-0.4, -0.2) is 29.8 Å². The lowest BCUT2D eigenvalue weighted by Crippen LogP contribution is -2.31. The van der Waals surface area contributed by atoms with Gasteiger partial charge in [-0.25, -0.2) is 0 Å². The van der Waals surface area contributed by atoms with Crippen LogP contribution in [0.15, 0.2) is 0 Å². The van der Waals surface area contributed by atoms with Gasteiger partial charge in [0, 0.05) is 18.5 Å². The summed E-state index contributed by atoms with van der Waals surface area (Å²) >= 11 is 0. The third-order valence-electron chi connectivity index (χ3n) is 3.53. The van der Waals surface area contributed by atoms with Crippen LogP contribution < -0.4 is 0 Å². The zero-order valence-corrected chi connectivity index (χ0v) is 10.6. The molecule has 2 nitrogen and oxygen atoms in total. The van der Waals surface area contributed by atoms with Gasteiger partial charge in [0.15, 0.2) is 0 Å². The standard InChI is InChI=1S/C13H25NO/c1-10(9-12(3)15)5-6-11(2)14(4)13-7-8-13/h10-11,13H,5-9H2,1-4H3. The van der Waals surface area contributed by atoms with Gasteiger partial charge in [0.2, 0.25) is 0 Å². The van der Waals surface area contributed by atoms with Gasteiger partial charge in [-0.05, 0) is 52.5 Å². The Kier molecular flexibility index (Phi) is 4.78. The average Bonchev–Trinajstić information content (AvgIpc) is 2.95. The zero-order valence-electron chi connectivity index (χ0n) is 10.6. The average molecular weight is 211 g/mol. The molecule has 0 aliphatic heterocycles. The number of rotatable bonds is 7. The maximum atomic E-state index is 10.9. The van der Waals surface area contributed by atoms with Crippen LogP contribution in [0.2, 0.25) is 0 Å². The van der Waals surface area contributed by atoms with Crippen LogP contribution in [0.25, 0.3) is 0 Å². The minimum absolute atomic E-state index is 0.325. The van der Waals surface area contributed by atoms with Crippen LogP contribution in [0, 0.1) is 5.92 Å². The summed E-state index contributed by atoms with van der Waals surface area (Å²) in [6.07, 6.45) is 5.91. The van der Waals surface area contributed by atoms with Gasteiger partial charge in [-0.3, -0.25) is 0 Å². The van der Waals surface area contributed by atoms with Crippen molar-refractivity contribution >= 4 is 5.78 Å². The number of nitrogens with zero attached hydrogens (tertiary/aromatic N) is 1. The Balaban J connectivity index is 2.14. The van der Waals surface area contributed by atoms with E-state index in [4.69, 9.17) is 0 Å². The van der Waals surface area contributed by atoms with Crippen molar-refractivity contribution in [2.45, 2.75) is 65.0 Å². The van der Waals surface area contributed by atoms with Crippen molar-refractivity contribution in [2.75, 3.05) is 7.05 Å². The van der Waals surface area contributed by atoms with Crippen LogP contribution >= 0.6 is 0 Å². The summed E-state index contributed by atoms with van der Waals surface area (Å²) in [6.45, 7) is 6.18. The lowest BCUT2D eigenvalue weighted by atomic mass is 9.97. The highest BCUT2D eigenvalue weighted by atomic mass is 16.1. The Hall–Kier alpha value is -0.370. The molecule has 0 saturated heterocycles. The van der Waals surface area contributed by atoms with Crippen molar-refractivity contribution in [1.29, 1.82) is 0 Å². The van der Waals surface area contributed by atoms with Crippen molar-refractivity contribution in [3.8, 4) is 0 Å². The summed E-state index contributed by atoms with van der Waals surface area (Å²) in [6, 6.07) is 1.52. The Labute approximate surface area is 94.0 Å². The molecule has 1 aliphatic carbocycles. The number of ketones is 1. The Morgan fingerprint density at radius 1 is 1.33 bits per heavy atom. The van der Waals surface area contributed by atoms with Gasteiger partial charge in [0.1, 0.15) is 5.78 Å². The Morgan fingerprint density at radius 2 is 1.93 bits per heavy atom. The molecule has 0 spiro atoms. The first-order valence-corrected chi connectivity index (χ1v) is 6.22. The molecule has 1 saturated carbocycles. The molecule has 0 aromatic rings. The largest absolute Gasteiger partial charge is 0.301 e. The van der Waals surface area contributed by atoms with E-state index in [0.29, 0.717) is 17.7 Å². The second-order valence-corrected chi connectivity index (χ2v) is 5.33. The highest BCUT2D eigenvalue weighted by Gasteiger charge is 2.28. The lowest BCUT2D eigenvalue weighted by Gasteiger charge is -2.25. The van der Waals surface area contributed by atoms with Gasteiger partial charge >= 0.3 is 0 Å². The molecule has 15 heavy (non-hydrogen) atoms. The Morgan fingerprint density at radius 3 is 2.40 bits per heavy atom.